The van der Waals surface area contributed by atoms with Crippen molar-refractivity contribution in [2.45, 2.75) is 0 Å². The fourth-order valence-corrected chi connectivity index (χ4v) is 1.39. The van der Waals surface area contributed by atoms with E-state index >= 15 is 0 Å². The topological polar surface area (TPSA) is 64.3 Å². The minimum atomic E-state index is 0.512. The minimum Gasteiger partial charge on any atom is -0.378 e. The molecular formula is C9H12ClN5O. The number of hydrogen-bond donors (Lipinski definition) is 1. The molecule has 2 aromatic heterocycles. The Morgan fingerprint density at radius 1 is 1.44 bits per heavy atom. The summed E-state index contributed by atoms with van der Waals surface area (Å²) in [6.07, 6.45) is 5.12. The van der Waals surface area contributed by atoms with Gasteiger partial charge < -0.3 is 10.1 Å². The van der Waals surface area contributed by atoms with E-state index in [4.69, 9.17) is 16.3 Å². The summed E-state index contributed by atoms with van der Waals surface area (Å²) in [6, 6.07) is 0. The van der Waals surface area contributed by atoms with Crippen LogP contribution in [0.3, 0.4) is 0 Å². The number of rotatable bonds is 6. The van der Waals surface area contributed by atoms with Crippen LogP contribution < -0.4 is 5.32 Å². The molecule has 0 bridgehead atoms. The van der Waals surface area contributed by atoms with Crippen LogP contribution in [0.1, 0.15) is 0 Å². The summed E-state index contributed by atoms with van der Waals surface area (Å²) in [5, 5.41) is 10.9. The Morgan fingerprint density at radius 2 is 2.38 bits per heavy atom. The smallest absolute Gasteiger partial charge is 0.203 e. The molecule has 0 aliphatic heterocycles. The third kappa shape index (κ3) is 2.59. The average molecular weight is 242 g/mol. The van der Waals surface area contributed by atoms with E-state index < -0.39 is 0 Å². The molecule has 0 aliphatic carbocycles. The van der Waals surface area contributed by atoms with Gasteiger partial charge in [-0.2, -0.15) is 0 Å². The normalized spacial score (nSPS) is 10.8. The number of hydrogen-bond acceptors (Lipinski definition) is 5. The first-order valence-electron chi connectivity index (χ1n) is 4.94. The first-order chi connectivity index (χ1) is 7.92. The maximum Gasteiger partial charge on any atom is 0.203 e. The Labute approximate surface area is 97.6 Å². The molecule has 0 aromatic carbocycles. The van der Waals surface area contributed by atoms with Gasteiger partial charge in [0.1, 0.15) is 6.33 Å². The molecule has 6 nitrogen and oxygen atoms in total. The molecule has 16 heavy (non-hydrogen) atoms. The van der Waals surface area contributed by atoms with Crippen LogP contribution in [-0.2, 0) is 4.74 Å². The van der Waals surface area contributed by atoms with Gasteiger partial charge in [-0.1, -0.05) is 0 Å². The van der Waals surface area contributed by atoms with Crippen LogP contribution in [0.2, 0.25) is 0 Å². The van der Waals surface area contributed by atoms with Crippen LogP contribution in [0.25, 0.3) is 5.65 Å². The zero-order valence-electron chi connectivity index (χ0n) is 8.64. The Balaban J connectivity index is 1.91. The fourth-order valence-electron chi connectivity index (χ4n) is 1.28. The average Bonchev–Trinajstić information content (AvgIpc) is 2.77. The molecule has 86 valence electrons. The summed E-state index contributed by atoms with van der Waals surface area (Å²) < 4.78 is 7.03. The van der Waals surface area contributed by atoms with Crippen molar-refractivity contribution in [3.8, 4) is 0 Å². The van der Waals surface area contributed by atoms with E-state index in [2.05, 4.69) is 20.5 Å². The second-order valence-corrected chi connectivity index (χ2v) is 3.44. The van der Waals surface area contributed by atoms with Crippen LogP contribution in [-0.4, -0.2) is 45.2 Å². The molecule has 2 rings (SSSR count). The lowest BCUT2D eigenvalue weighted by atomic mass is 10.5. The van der Waals surface area contributed by atoms with Crippen molar-refractivity contribution in [3.63, 3.8) is 0 Å². The highest BCUT2D eigenvalue weighted by Crippen LogP contribution is 2.08. The predicted octanol–water partition coefficient (Wildman–Crippen LogP) is 0.792. The number of anilines is 1. The zero-order chi connectivity index (χ0) is 11.2. The van der Waals surface area contributed by atoms with Gasteiger partial charge in [0.25, 0.3) is 0 Å². The highest BCUT2D eigenvalue weighted by atomic mass is 35.5. The lowest BCUT2D eigenvalue weighted by Crippen LogP contribution is -2.12. The van der Waals surface area contributed by atoms with E-state index in [9.17, 15) is 0 Å². The number of halogens is 1. The maximum absolute atomic E-state index is 5.48. The number of alkyl halides is 1. The van der Waals surface area contributed by atoms with Crippen molar-refractivity contribution in [1.29, 1.82) is 0 Å². The number of nitrogens with one attached hydrogen (secondary N) is 1. The Morgan fingerprint density at radius 3 is 3.25 bits per heavy atom. The molecule has 2 aromatic rings. The summed E-state index contributed by atoms with van der Waals surface area (Å²) in [6.45, 7) is 1.81. The van der Waals surface area contributed by atoms with E-state index in [0.29, 0.717) is 37.1 Å². The Kier molecular flexibility index (Phi) is 3.90. The number of aromatic nitrogens is 4. The van der Waals surface area contributed by atoms with E-state index in [-0.39, 0.29) is 0 Å². The van der Waals surface area contributed by atoms with Crippen molar-refractivity contribution < 1.29 is 4.74 Å². The molecule has 0 amide bonds. The van der Waals surface area contributed by atoms with Gasteiger partial charge >= 0.3 is 0 Å². The molecule has 0 fully saturated rings. The molecule has 2 heterocycles. The first-order valence-corrected chi connectivity index (χ1v) is 5.47. The van der Waals surface area contributed by atoms with Crippen molar-refractivity contribution >= 4 is 23.1 Å². The monoisotopic (exact) mass is 241 g/mol. The molecule has 0 saturated heterocycles. The number of nitrogens with zero attached hydrogens (tertiary/aromatic N) is 4. The summed E-state index contributed by atoms with van der Waals surface area (Å²) in [5.74, 6) is 1.22. The van der Waals surface area contributed by atoms with E-state index in [1.807, 2.05) is 0 Å². The van der Waals surface area contributed by atoms with Gasteiger partial charge in [0.2, 0.25) is 5.65 Å². The van der Waals surface area contributed by atoms with Gasteiger partial charge in [-0.3, -0.25) is 4.40 Å². The molecule has 0 aliphatic rings. The van der Waals surface area contributed by atoms with E-state index in [1.165, 1.54) is 0 Å². The van der Waals surface area contributed by atoms with Crippen molar-refractivity contribution in [3.05, 3.63) is 18.7 Å². The van der Waals surface area contributed by atoms with Crippen LogP contribution in [0.4, 0.5) is 5.82 Å². The van der Waals surface area contributed by atoms with Crippen molar-refractivity contribution in [1.82, 2.24) is 19.6 Å². The van der Waals surface area contributed by atoms with Gasteiger partial charge in [0, 0.05) is 24.8 Å². The highest BCUT2D eigenvalue weighted by molar-refractivity contribution is 6.17. The van der Waals surface area contributed by atoms with E-state index in [1.54, 1.807) is 23.1 Å². The summed E-state index contributed by atoms with van der Waals surface area (Å²) in [7, 11) is 0. The first kappa shape index (κ1) is 11.1. The lowest BCUT2D eigenvalue weighted by Gasteiger charge is -2.05. The third-order valence-corrected chi connectivity index (χ3v) is 2.13. The van der Waals surface area contributed by atoms with Crippen LogP contribution in [0.15, 0.2) is 18.7 Å². The molecule has 0 saturated carbocycles. The largest absolute Gasteiger partial charge is 0.378 e. The Hall–Kier alpha value is -1.40. The predicted molar refractivity (Wildman–Crippen MR) is 60.8 cm³/mol. The molecular weight excluding hydrogens is 230 g/mol. The minimum absolute atomic E-state index is 0.512. The van der Waals surface area contributed by atoms with Gasteiger partial charge in [0.05, 0.1) is 13.2 Å². The van der Waals surface area contributed by atoms with Crippen molar-refractivity contribution in [2.75, 3.05) is 31.0 Å². The summed E-state index contributed by atoms with van der Waals surface area (Å²) >= 11 is 5.48. The summed E-state index contributed by atoms with van der Waals surface area (Å²) in [5.41, 5.74) is 0.708. The maximum atomic E-state index is 5.48. The SMILES string of the molecule is ClCCOCCNc1nccn2cnnc12. The zero-order valence-corrected chi connectivity index (χ0v) is 9.39. The molecule has 7 heteroatoms. The molecule has 1 N–H and O–H groups in total. The van der Waals surface area contributed by atoms with Crippen LogP contribution >= 0.6 is 11.6 Å². The number of fused-ring (bicyclic) bond motifs is 1. The fraction of sp³-hybridized carbons (Fsp3) is 0.444. The van der Waals surface area contributed by atoms with Gasteiger partial charge in [-0.05, 0) is 0 Å². The lowest BCUT2D eigenvalue weighted by molar-refractivity contribution is 0.160. The standard InChI is InChI=1S/C9H12ClN5O/c10-1-5-16-6-3-12-8-9-14-13-7-15(9)4-2-11-8/h2,4,7H,1,3,5-6H2,(H,11,12). The molecule has 0 atom stereocenters. The van der Waals surface area contributed by atoms with Gasteiger partial charge in [-0.15, -0.1) is 21.8 Å². The van der Waals surface area contributed by atoms with Crippen LogP contribution in [0, 0.1) is 0 Å². The van der Waals surface area contributed by atoms with Gasteiger partial charge in [-0.25, -0.2) is 4.98 Å². The second kappa shape index (κ2) is 5.62. The number of ether oxygens (including phenoxy) is 1. The molecule has 0 spiro atoms. The van der Waals surface area contributed by atoms with Crippen LogP contribution in [0.5, 0.6) is 0 Å². The van der Waals surface area contributed by atoms with Gasteiger partial charge in [0.15, 0.2) is 5.82 Å². The second-order valence-electron chi connectivity index (χ2n) is 3.07. The quantitative estimate of drug-likeness (QED) is 0.599. The Bertz CT molecular complexity index is 446. The molecule has 0 unspecified atom stereocenters. The highest BCUT2D eigenvalue weighted by Gasteiger charge is 2.02. The third-order valence-electron chi connectivity index (χ3n) is 1.98. The molecule has 0 radical (unpaired) electrons. The van der Waals surface area contributed by atoms with Crippen molar-refractivity contribution in [2.24, 2.45) is 0 Å². The van der Waals surface area contributed by atoms with E-state index in [0.717, 1.165) is 0 Å². The summed E-state index contributed by atoms with van der Waals surface area (Å²) in [4.78, 5) is 4.18.